The first-order chi connectivity index (χ1) is 22.1. The van der Waals surface area contributed by atoms with Gasteiger partial charge in [0.15, 0.2) is 0 Å². The minimum atomic E-state index is -0.930. The van der Waals surface area contributed by atoms with Gasteiger partial charge in [0.1, 0.15) is 12.4 Å². The van der Waals surface area contributed by atoms with Gasteiger partial charge in [-0.25, -0.2) is 14.8 Å². The number of aromatic carboxylic acids is 1. The second kappa shape index (κ2) is 11.9. The number of carboxylic acids is 1. The first-order valence-electron chi connectivity index (χ1n) is 15.8. The van der Waals surface area contributed by atoms with Gasteiger partial charge in [0.05, 0.1) is 66.8 Å². The number of pyridine rings is 1. The molecule has 3 fully saturated rings. The molecular formula is C34H36N6O5. The van der Waals surface area contributed by atoms with Gasteiger partial charge >= 0.3 is 5.97 Å². The number of ether oxygens (including phenoxy) is 3. The summed E-state index contributed by atoms with van der Waals surface area (Å²) in [5.41, 5.74) is 5.21. The highest BCUT2D eigenvalue weighted by molar-refractivity contribution is 5.92. The summed E-state index contributed by atoms with van der Waals surface area (Å²) in [6.07, 6.45) is 5.06. The van der Waals surface area contributed by atoms with Gasteiger partial charge < -0.3 is 23.9 Å². The Morgan fingerprint density at radius 2 is 1.87 bits per heavy atom. The molecule has 1 atom stereocenters. The standard InChI is InChI=1S/C34H36N6O5/c41-34(42)24-6-7-29-31(15-24)39(17-27-10-13-44-27)32(36-29)18-38-11-8-23(9-12-38)28-2-1-3-33(37-28)45-19-22-4-5-25-16-35-40(30(25)14-22)26-20-43-21-26/h1-7,14-16,23,26-27H,8-13,17-21H2,(H,41,42)/t27-/m0/s1. The van der Waals surface area contributed by atoms with Gasteiger partial charge in [0, 0.05) is 29.7 Å². The third-order valence-corrected chi connectivity index (χ3v) is 9.39. The quantitative estimate of drug-likeness (QED) is 0.239. The predicted octanol–water partition coefficient (Wildman–Crippen LogP) is 4.80. The highest BCUT2D eigenvalue weighted by atomic mass is 16.5. The van der Waals surface area contributed by atoms with E-state index < -0.39 is 5.97 Å². The van der Waals surface area contributed by atoms with Crippen molar-refractivity contribution in [2.24, 2.45) is 0 Å². The van der Waals surface area contributed by atoms with E-state index in [4.69, 9.17) is 24.2 Å². The first-order valence-corrected chi connectivity index (χ1v) is 15.8. The van der Waals surface area contributed by atoms with E-state index >= 15 is 0 Å². The molecule has 0 saturated carbocycles. The lowest BCUT2D eigenvalue weighted by Gasteiger charge is -2.32. The van der Waals surface area contributed by atoms with Crippen LogP contribution >= 0.6 is 0 Å². The van der Waals surface area contributed by atoms with Crippen LogP contribution < -0.4 is 4.74 Å². The number of carboxylic acid groups (broad SMARTS) is 1. The van der Waals surface area contributed by atoms with Crippen LogP contribution in [0, 0.1) is 0 Å². The minimum Gasteiger partial charge on any atom is -0.478 e. The molecule has 3 aliphatic rings. The van der Waals surface area contributed by atoms with Crippen molar-refractivity contribution in [3.63, 3.8) is 0 Å². The van der Waals surface area contributed by atoms with Crippen molar-refractivity contribution in [2.75, 3.05) is 32.9 Å². The number of piperidine rings is 1. The Balaban J connectivity index is 0.913. The fourth-order valence-corrected chi connectivity index (χ4v) is 6.57. The number of fused-ring (bicyclic) bond motifs is 2. The zero-order valence-corrected chi connectivity index (χ0v) is 25.0. The van der Waals surface area contributed by atoms with Crippen LogP contribution in [0.15, 0.2) is 60.8 Å². The van der Waals surface area contributed by atoms with Crippen molar-refractivity contribution in [2.45, 2.75) is 57.0 Å². The Morgan fingerprint density at radius 1 is 1.00 bits per heavy atom. The van der Waals surface area contributed by atoms with Crippen LogP contribution in [0.2, 0.25) is 0 Å². The Morgan fingerprint density at radius 3 is 2.62 bits per heavy atom. The normalized spacial score (nSPS) is 19.5. The average molecular weight is 609 g/mol. The molecule has 0 unspecified atom stereocenters. The Kier molecular flexibility index (Phi) is 7.44. The number of hydrogen-bond acceptors (Lipinski definition) is 8. The molecule has 45 heavy (non-hydrogen) atoms. The molecule has 11 heteroatoms. The lowest BCUT2D eigenvalue weighted by Crippen LogP contribution is -2.35. The van der Waals surface area contributed by atoms with E-state index in [0.29, 0.717) is 50.7 Å². The maximum Gasteiger partial charge on any atom is 0.335 e. The fraction of sp³-hybridized carbons (Fsp3) is 0.412. The van der Waals surface area contributed by atoms with Gasteiger partial charge in [0.2, 0.25) is 5.88 Å². The van der Waals surface area contributed by atoms with E-state index in [1.54, 1.807) is 12.1 Å². The summed E-state index contributed by atoms with van der Waals surface area (Å²) >= 11 is 0. The number of hydrogen-bond donors (Lipinski definition) is 1. The fourth-order valence-electron chi connectivity index (χ4n) is 6.57. The largest absolute Gasteiger partial charge is 0.478 e. The summed E-state index contributed by atoms with van der Waals surface area (Å²) in [6.45, 7) is 5.90. The van der Waals surface area contributed by atoms with Gasteiger partial charge in [-0.15, -0.1) is 0 Å². The van der Waals surface area contributed by atoms with Crippen LogP contribution in [0.5, 0.6) is 5.88 Å². The van der Waals surface area contributed by atoms with Crippen LogP contribution in [0.25, 0.3) is 21.9 Å². The number of imidazole rings is 1. The monoisotopic (exact) mass is 608 g/mol. The Bertz CT molecular complexity index is 1850. The average Bonchev–Trinajstić information content (AvgIpc) is 3.57. The molecule has 0 bridgehead atoms. The molecule has 0 radical (unpaired) electrons. The molecule has 8 rings (SSSR count). The third kappa shape index (κ3) is 5.67. The van der Waals surface area contributed by atoms with Crippen LogP contribution in [0.1, 0.15) is 58.7 Å². The molecule has 1 N–H and O–H groups in total. The van der Waals surface area contributed by atoms with Crippen LogP contribution in [0.3, 0.4) is 0 Å². The van der Waals surface area contributed by atoms with Crippen molar-refractivity contribution in [3.8, 4) is 5.88 Å². The van der Waals surface area contributed by atoms with Crippen LogP contribution in [-0.2, 0) is 29.2 Å². The van der Waals surface area contributed by atoms with Crippen LogP contribution in [-0.4, -0.2) is 79.3 Å². The molecule has 232 valence electrons. The van der Waals surface area contributed by atoms with Crippen molar-refractivity contribution < 1.29 is 24.1 Å². The van der Waals surface area contributed by atoms with E-state index in [0.717, 1.165) is 78.0 Å². The number of rotatable bonds is 10. The van der Waals surface area contributed by atoms with Crippen molar-refractivity contribution >= 4 is 27.9 Å². The van der Waals surface area contributed by atoms with E-state index in [2.05, 4.69) is 43.5 Å². The van der Waals surface area contributed by atoms with Gasteiger partial charge in [-0.05, 0) is 68.2 Å². The SMILES string of the molecule is O=C(O)c1ccc2nc(CN3CCC(c4cccc(OCc5ccc6cnn(C7COC7)c6c5)n4)CC3)n(C[C@@H]3CCO3)c2c1. The van der Waals surface area contributed by atoms with E-state index in [1.165, 1.54) is 0 Å². The second-order valence-electron chi connectivity index (χ2n) is 12.3. The summed E-state index contributed by atoms with van der Waals surface area (Å²) in [6, 6.07) is 17.9. The van der Waals surface area contributed by atoms with Crippen LogP contribution in [0.4, 0.5) is 0 Å². The third-order valence-electron chi connectivity index (χ3n) is 9.39. The van der Waals surface area contributed by atoms with Gasteiger partial charge in [0.25, 0.3) is 0 Å². The number of likely N-dealkylation sites (tertiary alicyclic amines) is 1. The number of benzene rings is 2. The zero-order chi connectivity index (χ0) is 30.3. The summed E-state index contributed by atoms with van der Waals surface area (Å²) in [5, 5.41) is 15.2. The molecule has 6 heterocycles. The van der Waals surface area contributed by atoms with E-state index in [1.807, 2.05) is 24.4 Å². The summed E-state index contributed by atoms with van der Waals surface area (Å²) in [5.74, 6) is 1.03. The second-order valence-corrected chi connectivity index (χ2v) is 12.3. The summed E-state index contributed by atoms with van der Waals surface area (Å²) in [7, 11) is 0. The number of carbonyl (C=O) groups is 1. The van der Waals surface area contributed by atoms with Crippen molar-refractivity contribution in [1.29, 1.82) is 0 Å². The molecule has 0 amide bonds. The van der Waals surface area contributed by atoms with Crippen molar-refractivity contribution in [1.82, 2.24) is 29.2 Å². The minimum absolute atomic E-state index is 0.148. The summed E-state index contributed by atoms with van der Waals surface area (Å²) < 4.78 is 21.5. The highest BCUT2D eigenvalue weighted by Crippen LogP contribution is 2.30. The molecule has 0 spiro atoms. The maximum atomic E-state index is 11.6. The molecule has 3 aliphatic heterocycles. The first kappa shape index (κ1) is 28.2. The van der Waals surface area contributed by atoms with E-state index in [9.17, 15) is 9.90 Å². The molecule has 2 aromatic carbocycles. The van der Waals surface area contributed by atoms with Crippen molar-refractivity contribution in [3.05, 3.63) is 83.4 Å². The van der Waals surface area contributed by atoms with Gasteiger partial charge in [-0.1, -0.05) is 18.2 Å². The molecule has 11 nitrogen and oxygen atoms in total. The Hall–Kier alpha value is -4.32. The molecule has 3 saturated heterocycles. The number of nitrogens with zero attached hydrogens (tertiary/aromatic N) is 6. The van der Waals surface area contributed by atoms with E-state index in [-0.39, 0.29) is 11.7 Å². The lowest BCUT2D eigenvalue weighted by atomic mass is 9.93. The highest BCUT2D eigenvalue weighted by Gasteiger charge is 2.27. The summed E-state index contributed by atoms with van der Waals surface area (Å²) in [4.78, 5) is 23.9. The predicted molar refractivity (Wildman–Crippen MR) is 166 cm³/mol. The molecular weight excluding hydrogens is 572 g/mol. The lowest BCUT2D eigenvalue weighted by molar-refractivity contribution is -0.0592. The number of aromatic nitrogens is 5. The van der Waals surface area contributed by atoms with Gasteiger partial charge in [-0.3, -0.25) is 9.58 Å². The molecule has 0 aliphatic carbocycles. The molecule has 5 aromatic rings. The maximum absolute atomic E-state index is 11.6. The molecule has 3 aromatic heterocycles. The zero-order valence-electron chi connectivity index (χ0n) is 25.0. The smallest absolute Gasteiger partial charge is 0.335 e. The Labute approximate surface area is 260 Å². The topological polar surface area (TPSA) is 117 Å². The van der Waals surface area contributed by atoms with Gasteiger partial charge in [-0.2, -0.15) is 5.10 Å².